The first kappa shape index (κ1) is 17.9. The molecular formula is C25H30N2O. The Kier molecular flexibility index (Phi) is 4.70. The molecule has 3 heteroatoms. The van der Waals surface area contributed by atoms with Crippen molar-refractivity contribution in [3.63, 3.8) is 0 Å². The average molecular weight is 375 g/mol. The third-order valence-electron chi connectivity index (χ3n) is 7.36. The molecule has 3 nitrogen and oxygen atoms in total. The predicted octanol–water partition coefficient (Wildman–Crippen LogP) is 4.87. The minimum Gasteiger partial charge on any atom is -0.338 e. The van der Waals surface area contributed by atoms with Crippen LogP contribution in [0.25, 0.3) is 0 Å². The second kappa shape index (κ2) is 7.35. The summed E-state index contributed by atoms with van der Waals surface area (Å²) in [5, 5.41) is 0. The Balaban J connectivity index is 1.38. The van der Waals surface area contributed by atoms with Crippen molar-refractivity contribution in [3.05, 3.63) is 66.0 Å². The molecule has 0 saturated heterocycles. The molecule has 2 aromatic rings. The van der Waals surface area contributed by atoms with Gasteiger partial charge in [-0.25, -0.2) is 0 Å². The number of amides is 1. The van der Waals surface area contributed by atoms with Gasteiger partial charge < -0.3 is 4.90 Å². The number of aromatic nitrogens is 1. The predicted molar refractivity (Wildman–Crippen MR) is 110 cm³/mol. The van der Waals surface area contributed by atoms with Gasteiger partial charge in [0.2, 0.25) is 5.91 Å². The molecule has 0 radical (unpaired) electrons. The van der Waals surface area contributed by atoms with Crippen LogP contribution >= 0.6 is 0 Å². The van der Waals surface area contributed by atoms with E-state index in [1.165, 1.54) is 24.8 Å². The Morgan fingerprint density at radius 3 is 2.18 bits per heavy atom. The van der Waals surface area contributed by atoms with Gasteiger partial charge >= 0.3 is 0 Å². The van der Waals surface area contributed by atoms with Crippen LogP contribution in [0.2, 0.25) is 0 Å². The van der Waals surface area contributed by atoms with Crippen LogP contribution in [0.1, 0.15) is 49.8 Å². The van der Waals surface area contributed by atoms with Crippen molar-refractivity contribution in [3.8, 4) is 0 Å². The lowest BCUT2D eigenvalue weighted by molar-refractivity contribution is -0.158. The second-order valence-corrected chi connectivity index (χ2v) is 9.48. The molecule has 4 saturated carbocycles. The summed E-state index contributed by atoms with van der Waals surface area (Å²) in [6, 6.07) is 16.5. The molecule has 4 bridgehead atoms. The summed E-state index contributed by atoms with van der Waals surface area (Å²) in [6.07, 6.45) is 10.2. The van der Waals surface area contributed by atoms with Crippen LogP contribution in [0.3, 0.4) is 0 Å². The molecule has 28 heavy (non-hydrogen) atoms. The van der Waals surface area contributed by atoms with E-state index in [9.17, 15) is 4.79 Å². The third kappa shape index (κ3) is 3.47. The molecule has 0 N–H and O–H groups in total. The first-order valence-electron chi connectivity index (χ1n) is 10.9. The highest BCUT2D eigenvalue weighted by Gasteiger charge is 2.55. The number of carbonyl (C=O) groups excluding carboxylic acids is 1. The number of pyridine rings is 1. The van der Waals surface area contributed by atoms with Gasteiger partial charge in [0.15, 0.2) is 0 Å². The highest BCUT2D eigenvalue weighted by atomic mass is 16.2. The summed E-state index contributed by atoms with van der Waals surface area (Å²) >= 11 is 0. The van der Waals surface area contributed by atoms with E-state index in [1.54, 1.807) is 0 Å². The average Bonchev–Trinajstić information content (AvgIpc) is 2.71. The van der Waals surface area contributed by atoms with Crippen molar-refractivity contribution in [2.24, 2.45) is 23.2 Å². The molecular weight excluding hydrogens is 344 g/mol. The van der Waals surface area contributed by atoms with Crippen LogP contribution in [0, 0.1) is 23.2 Å². The topological polar surface area (TPSA) is 33.2 Å². The molecule has 0 unspecified atom stereocenters. The zero-order valence-corrected chi connectivity index (χ0v) is 16.6. The summed E-state index contributed by atoms with van der Waals surface area (Å²) in [7, 11) is 0. The highest BCUT2D eigenvalue weighted by Crippen LogP contribution is 2.60. The van der Waals surface area contributed by atoms with Gasteiger partial charge in [0.1, 0.15) is 0 Å². The monoisotopic (exact) mass is 374 g/mol. The van der Waals surface area contributed by atoms with Crippen LogP contribution in [0.15, 0.2) is 54.7 Å². The first-order chi connectivity index (χ1) is 13.7. The van der Waals surface area contributed by atoms with E-state index in [-0.39, 0.29) is 5.41 Å². The Bertz CT molecular complexity index is 782. The fraction of sp³-hybridized carbons (Fsp3) is 0.520. The Morgan fingerprint density at radius 2 is 1.57 bits per heavy atom. The quantitative estimate of drug-likeness (QED) is 0.723. The van der Waals surface area contributed by atoms with Gasteiger partial charge in [0.25, 0.3) is 0 Å². The Morgan fingerprint density at radius 1 is 0.929 bits per heavy atom. The zero-order valence-electron chi connectivity index (χ0n) is 16.6. The summed E-state index contributed by atoms with van der Waals surface area (Å²) in [5.41, 5.74) is 2.22. The summed E-state index contributed by atoms with van der Waals surface area (Å²) in [4.78, 5) is 20.5. The molecule has 0 spiro atoms. The molecule has 0 aliphatic heterocycles. The largest absolute Gasteiger partial charge is 0.338 e. The van der Waals surface area contributed by atoms with Crippen LogP contribution in [-0.2, 0) is 17.8 Å². The number of carbonyl (C=O) groups is 1. The number of rotatable bonds is 6. The van der Waals surface area contributed by atoms with E-state index in [2.05, 4.69) is 40.2 Å². The SMILES string of the molecule is O=C(N(CCc1ccccn1)Cc1ccccc1)C12CC3CC(CC(C3)C1)C2. The Hall–Kier alpha value is -2.16. The standard InChI is InChI=1S/C25H30N2O/c28-24(25-15-20-12-21(16-25)14-22(13-20)17-25)27(18-19-6-2-1-3-7-19)11-9-23-8-4-5-10-26-23/h1-8,10,20-22H,9,11-18H2. The summed E-state index contributed by atoms with van der Waals surface area (Å²) < 4.78 is 0. The van der Waals surface area contributed by atoms with E-state index in [0.717, 1.165) is 55.7 Å². The first-order valence-corrected chi connectivity index (χ1v) is 10.9. The van der Waals surface area contributed by atoms with Crippen LogP contribution in [0.5, 0.6) is 0 Å². The normalized spacial score (nSPS) is 30.4. The molecule has 1 amide bonds. The van der Waals surface area contributed by atoms with Crippen molar-refractivity contribution in [2.75, 3.05) is 6.54 Å². The highest BCUT2D eigenvalue weighted by molar-refractivity contribution is 5.83. The molecule has 4 fully saturated rings. The Labute approximate surface area is 168 Å². The lowest BCUT2D eigenvalue weighted by Gasteiger charge is -2.56. The van der Waals surface area contributed by atoms with E-state index < -0.39 is 0 Å². The lowest BCUT2D eigenvalue weighted by atomic mass is 9.49. The molecule has 146 valence electrons. The molecule has 6 rings (SSSR count). The number of hydrogen-bond acceptors (Lipinski definition) is 2. The molecule has 1 aromatic carbocycles. The van der Waals surface area contributed by atoms with Gasteiger partial charge in [-0.05, 0) is 74.0 Å². The third-order valence-corrected chi connectivity index (χ3v) is 7.36. The number of hydrogen-bond donors (Lipinski definition) is 0. The zero-order chi connectivity index (χ0) is 19.0. The van der Waals surface area contributed by atoms with E-state index in [1.807, 2.05) is 24.4 Å². The van der Waals surface area contributed by atoms with Gasteiger partial charge in [-0.2, -0.15) is 0 Å². The van der Waals surface area contributed by atoms with Crippen molar-refractivity contribution in [2.45, 2.75) is 51.5 Å². The second-order valence-electron chi connectivity index (χ2n) is 9.48. The van der Waals surface area contributed by atoms with Crippen molar-refractivity contribution in [1.29, 1.82) is 0 Å². The fourth-order valence-electron chi connectivity index (χ4n) is 6.56. The van der Waals surface area contributed by atoms with Gasteiger partial charge in [-0.15, -0.1) is 0 Å². The number of nitrogens with zero attached hydrogens (tertiary/aromatic N) is 2. The van der Waals surface area contributed by atoms with Gasteiger partial charge in [-0.1, -0.05) is 36.4 Å². The van der Waals surface area contributed by atoms with E-state index >= 15 is 0 Å². The van der Waals surface area contributed by atoms with E-state index in [0.29, 0.717) is 12.5 Å². The minimum absolute atomic E-state index is 0.0757. The van der Waals surface area contributed by atoms with E-state index in [4.69, 9.17) is 0 Å². The molecule has 0 atom stereocenters. The van der Waals surface area contributed by atoms with Crippen LogP contribution < -0.4 is 0 Å². The maximum absolute atomic E-state index is 13.9. The minimum atomic E-state index is -0.0757. The maximum Gasteiger partial charge on any atom is 0.229 e. The summed E-state index contributed by atoms with van der Waals surface area (Å²) in [6.45, 7) is 1.47. The number of benzene rings is 1. The fourth-order valence-corrected chi connectivity index (χ4v) is 6.56. The smallest absolute Gasteiger partial charge is 0.229 e. The maximum atomic E-state index is 13.9. The molecule has 4 aliphatic carbocycles. The van der Waals surface area contributed by atoms with Crippen molar-refractivity contribution in [1.82, 2.24) is 9.88 Å². The summed E-state index contributed by atoms with van der Waals surface area (Å²) in [5.74, 6) is 2.81. The van der Waals surface area contributed by atoms with Crippen LogP contribution in [-0.4, -0.2) is 22.3 Å². The molecule has 1 heterocycles. The van der Waals surface area contributed by atoms with Crippen molar-refractivity contribution < 1.29 is 4.79 Å². The lowest BCUT2D eigenvalue weighted by Crippen LogP contribution is -2.54. The van der Waals surface area contributed by atoms with Gasteiger partial charge in [-0.3, -0.25) is 9.78 Å². The van der Waals surface area contributed by atoms with Gasteiger partial charge in [0, 0.05) is 31.4 Å². The molecule has 1 aromatic heterocycles. The van der Waals surface area contributed by atoms with Gasteiger partial charge in [0.05, 0.1) is 5.41 Å². The van der Waals surface area contributed by atoms with Crippen molar-refractivity contribution >= 4 is 5.91 Å². The van der Waals surface area contributed by atoms with Crippen LogP contribution in [0.4, 0.5) is 0 Å². The molecule has 4 aliphatic rings.